The predicted molar refractivity (Wildman–Crippen MR) is 83.4 cm³/mol. The molecule has 24 heavy (non-hydrogen) atoms. The Hall–Kier alpha value is -1.94. The molecule has 0 aliphatic carbocycles. The number of hydrogen-bond donors (Lipinski definition) is 1. The smallest absolute Gasteiger partial charge is 0.338 e. The fourth-order valence-corrected chi connectivity index (χ4v) is 1.89. The van der Waals surface area contributed by atoms with Gasteiger partial charge in [-0.05, 0) is 13.0 Å². The van der Waals surface area contributed by atoms with Gasteiger partial charge in [0.1, 0.15) is 25.3 Å². The van der Waals surface area contributed by atoms with Crippen molar-refractivity contribution in [2.24, 2.45) is 0 Å². The molecule has 0 spiro atoms. The molecule has 1 N–H and O–H groups in total. The molecule has 1 rings (SSSR count). The van der Waals surface area contributed by atoms with Crippen molar-refractivity contribution in [3.05, 3.63) is 32.8 Å². The molecule has 1 unspecified atom stereocenters. The summed E-state index contributed by atoms with van der Waals surface area (Å²) in [7, 11) is 1.42. The molecule has 0 fully saturated rings. The Bertz CT molecular complexity index is 580. The van der Waals surface area contributed by atoms with Gasteiger partial charge in [-0.25, -0.2) is 4.79 Å². The van der Waals surface area contributed by atoms with Crippen molar-refractivity contribution in [1.29, 1.82) is 0 Å². The van der Waals surface area contributed by atoms with Crippen molar-refractivity contribution < 1.29 is 33.8 Å². The van der Waals surface area contributed by atoms with Crippen molar-refractivity contribution in [1.82, 2.24) is 0 Å². The number of nitro benzene ring substituents is 1. The third-order valence-corrected chi connectivity index (χ3v) is 3.16. The lowest BCUT2D eigenvalue weighted by Crippen LogP contribution is -2.26. The average Bonchev–Trinajstić information content (AvgIpc) is 2.56. The molecule has 0 heterocycles. The van der Waals surface area contributed by atoms with Crippen LogP contribution in [0.3, 0.4) is 0 Å². The molecular weight excluding hydrogens is 346 g/mol. The van der Waals surface area contributed by atoms with E-state index in [4.69, 9.17) is 30.5 Å². The number of carbonyl (C=O) groups excluding carboxylic acids is 1. The summed E-state index contributed by atoms with van der Waals surface area (Å²) in [5, 5.41) is 20.0. The molecule has 0 aliphatic heterocycles. The Kier molecular flexibility index (Phi) is 8.41. The van der Waals surface area contributed by atoms with Crippen LogP contribution in [-0.4, -0.2) is 55.8 Å². The van der Waals surface area contributed by atoms with Crippen LogP contribution < -0.4 is 4.74 Å². The van der Waals surface area contributed by atoms with Gasteiger partial charge in [0.05, 0.1) is 23.7 Å². The zero-order valence-electron chi connectivity index (χ0n) is 13.2. The summed E-state index contributed by atoms with van der Waals surface area (Å²) >= 11 is 5.94. The fourth-order valence-electron chi connectivity index (χ4n) is 1.65. The summed E-state index contributed by atoms with van der Waals surface area (Å²) in [5.74, 6) is -0.829. The lowest BCUT2D eigenvalue weighted by molar-refractivity contribution is -0.384. The second kappa shape index (κ2) is 10.0. The largest absolute Gasteiger partial charge is 0.489 e. The first-order valence-corrected chi connectivity index (χ1v) is 7.31. The molecule has 1 atom stereocenters. The van der Waals surface area contributed by atoms with E-state index in [1.54, 1.807) is 6.92 Å². The maximum absolute atomic E-state index is 11.8. The Morgan fingerprint density at radius 1 is 1.46 bits per heavy atom. The number of rotatable bonds is 10. The predicted octanol–water partition coefficient (Wildman–Crippen LogP) is 1.79. The van der Waals surface area contributed by atoms with Gasteiger partial charge >= 0.3 is 5.97 Å². The molecule has 0 radical (unpaired) electrons. The Morgan fingerprint density at radius 2 is 2.17 bits per heavy atom. The van der Waals surface area contributed by atoms with E-state index in [2.05, 4.69) is 0 Å². The van der Waals surface area contributed by atoms with Crippen molar-refractivity contribution in [2.45, 2.75) is 13.0 Å². The summed E-state index contributed by atoms with van der Waals surface area (Å²) in [5.41, 5.74) is -0.558. The summed E-state index contributed by atoms with van der Waals surface area (Å²) in [4.78, 5) is 22.1. The summed E-state index contributed by atoms with van der Waals surface area (Å²) in [6.07, 6.45) is -0.730. The van der Waals surface area contributed by atoms with Gasteiger partial charge in [0, 0.05) is 13.2 Å². The van der Waals surface area contributed by atoms with Gasteiger partial charge in [-0.2, -0.15) is 0 Å². The molecule has 0 saturated carbocycles. The van der Waals surface area contributed by atoms with Gasteiger partial charge in [0.15, 0.2) is 5.02 Å². The van der Waals surface area contributed by atoms with Crippen LogP contribution in [0.15, 0.2) is 12.1 Å². The van der Waals surface area contributed by atoms with Crippen LogP contribution >= 0.6 is 11.6 Å². The molecule has 0 aliphatic rings. The average molecular weight is 364 g/mol. The van der Waals surface area contributed by atoms with Gasteiger partial charge in [-0.3, -0.25) is 10.1 Å². The van der Waals surface area contributed by atoms with Crippen LogP contribution in [-0.2, 0) is 14.2 Å². The maximum atomic E-state index is 11.8. The quantitative estimate of drug-likeness (QED) is 0.289. The maximum Gasteiger partial charge on any atom is 0.338 e. The molecule has 0 saturated heterocycles. The Balaban J connectivity index is 3.03. The molecule has 0 amide bonds. The van der Waals surface area contributed by atoms with E-state index in [1.807, 2.05) is 0 Å². The molecule has 10 heteroatoms. The van der Waals surface area contributed by atoms with E-state index < -0.39 is 22.7 Å². The zero-order chi connectivity index (χ0) is 18.1. The van der Waals surface area contributed by atoms with Crippen LogP contribution in [0.2, 0.25) is 5.02 Å². The summed E-state index contributed by atoms with van der Waals surface area (Å²) < 4.78 is 20.0. The van der Waals surface area contributed by atoms with E-state index in [-0.39, 0.29) is 42.9 Å². The van der Waals surface area contributed by atoms with Gasteiger partial charge < -0.3 is 24.1 Å². The second-order valence-electron chi connectivity index (χ2n) is 4.47. The van der Waals surface area contributed by atoms with E-state index >= 15 is 0 Å². The monoisotopic (exact) mass is 363 g/mol. The molecule has 0 bridgehead atoms. The lowest BCUT2D eigenvalue weighted by atomic mass is 10.2. The van der Waals surface area contributed by atoms with Crippen molar-refractivity contribution >= 4 is 23.3 Å². The Morgan fingerprint density at radius 3 is 2.71 bits per heavy atom. The molecular formula is C14H18ClNO8. The first kappa shape index (κ1) is 20.1. The molecule has 9 nitrogen and oxygen atoms in total. The lowest BCUT2D eigenvalue weighted by Gasteiger charge is -2.16. The summed E-state index contributed by atoms with van der Waals surface area (Å²) in [6.45, 7) is 1.15. The topological polar surface area (TPSA) is 117 Å². The highest BCUT2D eigenvalue weighted by atomic mass is 35.5. The number of nitro groups is 1. The minimum absolute atomic E-state index is 0.0642. The summed E-state index contributed by atoms with van der Waals surface area (Å²) in [6, 6.07) is 2.25. The molecule has 134 valence electrons. The number of hydrogen-bond acceptors (Lipinski definition) is 8. The highest BCUT2D eigenvalue weighted by Crippen LogP contribution is 2.35. The van der Waals surface area contributed by atoms with Gasteiger partial charge in [-0.1, -0.05) is 11.6 Å². The van der Waals surface area contributed by atoms with Gasteiger partial charge in [0.2, 0.25) is 0 Å². The minimum Gasteiger partial charge on any atom is -0.489 e. The van der Waals surface area contributed by atoms with E-state index in [9.17, 15) is 20.0 Å². The van der Waals surface area contributed by atoms with E-state index in [0.29, 0.717) is 0 Å². The van der Waals surface area contributed by atoms with Crippen LogP contribution in [0.5, 0.6) is 5.75 Å². The number of ether oxygens (including phenoxy) is 4. The van der Waals surface area contributed by atoms with Crippen LogP contribution in [0, 0.1) is 10.1 Å². The van der Waals surface area contributed by atoms with Crippen molar-refractivity contribution in [3.63, 3.8) is 0 Å². The number of benzene rings is 1. The number of aliphatic hydroxyl groups is 1. The van der Waals surface area contributed by atoms with Crippen molar-refractivity contribution in [3.8, 4) is 5.75 Å². The number of methoxy groups -OCH3 is 1. The molecule has 1 aromatic rings. The number of esters is 1. The number of aliphatic hydroxyl groups excluding tert-OH is 1. The van der Waals surface area contributed by atoms with Gasteiger partial charge in [-0.15, -0.1) is 0 Å². The highest BCUT2D eigenvalue weighted by Gasteiger charge is 2.23. The minimum atomic E-state index is -0.739. The zero-order valence-corrected chi connectivity index (χ0v) is 13.9. The van der Waals surface area contributed by atoms with Crippen molar-refractivity contribution in [2.75, 3.05) is 33.7 Å². The normalized spacial score (nSPS) is 11.8. The number of carbonyl (C=O) groups is 1. The fraction of sp³-hybridized carbons (Fsp3) is 0.500. The van der Waals surface area contributed by atoms with Crippen LogP contribution in [0.4, 0.5) is 5.69 Å². The van der Waals surface area contributed by atoms with E-state index in [1.165, 1.54) is 13.2 Å². The number of halogens is 1. The molecule has 1 aromatic carbocycles. The Labute approximate surface area is 143 Å². The SMILES string of the molecule is CCOC(=O)c1cc(OCC(CO)OCOC)c(Cl)c([N+](=O)[O-])c1. The first-order valence-electron chi connectivity index (χ1n) is 6.93. The van der Waals surface area contributed by atoms with E-state index in [0.717, 1.165) is 6.07 Å². The standard InChI is InChI=1S/C14H18ClNO8/c1-3-22-14(18)9-4-11(16(19)20)13(15)12(5-9)23-7-10(6-17)24-8-21-2/h4-5,10,17H,3,6-8H2,1-2H3. The third kappa shape index (κ3) is 5.60. The highest BCUT2D eigenvalue weighted by molar-refractivity contribution is 6.34. The first-order chi connectivity index (χ1) is 11.4. The van der Waals surface area contributed by atoms with Crippen LogP contribution in [0.1, 0.15) is 17.3 Å². The molecule has 0 aromatic heterocycles. The van der Waals surface area contributed by atoms with Gasteiger partial charge in [0.25, 0.3) is 5.69 Å². The van der Waals surface area contributed by atoms with Crippen LogP contribution in [0.25, 0.3) is 0 Å². The third-order valence-electron chi connectivity index (χ3n) is 2.78. The second-order valence-corrected chi connectivity index (χ2v) is 4.85. The number of nitrogens with zero attached hydrogens (tertiary/aromatic N) is 1.